The number of azide groups is 1. The van der Waals surface area contributed by atoms with Gasteiger partial charge in [-0.25, -0.2) is 14.8 Å². The van der Waals surface area contributed by atoms with Gasteiger partial charge >= 0.3 is 5.97 Å². The molecule has 0 bridgehead atoms. The van der Waals surface area contributed by atoms with E-state index in [-0.39, 0.29) is 42.7 Å². The van der Waals surface area contributed by atoms with Gasteiger partial charge in [0, 0.05) is 30.6 Å². The SMILES string of the molecule is [N-]=[N+]=NCC1CC(=O)N(c2ncncc2C(=O)O)C1. The smallest absolute Gasteiger partial charge is 0.341 e. The van der Waals surface area contributed by atoms with E-state index in [2.05, 4.69) is 20.0 Å². The third kappa shape index (κ3) is 2.61. The summed E-state index contributed by atoms with van der Waals surface area (Å²) in [6.07, 6.45) is 2.55. The first kappa shape index (κ1) is 12.8. The van der Waals surface area contributed by atoms with E-state index in [1.165, 1.54) is 11.2 Å². The summed E-state index contributed by atoms with van der Waals surface area (Å²) < 4.78 is 0. The van der Waals surface area contributed by atoms with E-state index in [0.29, 0.717) is 0 Å². The summed E-state index contributed by atoms with van der Waals surface area (Å²) in [7, 11) is 0. The van der Waals surface area contributed by atoms with Gasteiger partial charge in [0.25, 0.3) is 0 Å². The highest BCUT2D eigenvalue weighted by atomic mass is 16.4. The molecule has 1 aliphatic rings. The number of nitrogens with zero attached hydrogens (tertiary/aromatic N) is 6. The quantitative estimate of drug-likeness (QED) is 0.487. The summed E-state index contributed by atoms with van der Waals surface area (Å²) in [6.45, 7) is 0.487. The minimum atomic E-state index is -1.19. The van der Waals surface area contributed by atoms with Crippen molar-refractivity contribution in [2.75, 3.05) is 18.0 Å². The monoisotopic (exact) mass is 262 g/mol. The predicted molar refractivity (Wildman–Crippen MR) is 63.5 cm³/mol. The maximum atomic E-state index is 11.9. The molecular weight excluding hydrogens is 252 g/mol. The predicted octanol–water partition coefficient (Wildman–Crippen LogP) is 0.838. The zero-order valence-electron chi connectivity index (χ0n) is 9.80. The van der Waals surface area contributed by atoms with E-state index in [0.717, 1.165) is 6.20 Å². The van der Waals surface area contributed by atoms with Crippen molar-refractivity contribution < 1.29 is 14.7 Å². The number of carbonyl (C=O) groups is 2. The number of rotatable bonds is 4. The standard InChI is InChI=1S/C10H10N6O3/c11-15-14-2-6-1-8(17)16(4-6)9-7(10(18)19)3-12-5-13-9/h3,5-6H,1-2,4H2,(H,18,19). The Morgan fingerprint density at radius 2 is 2.47 bits per heavy atom. The van der Waals surface area contributed by atoms with E-state index >= 15 is 0 Å². The number of carboxylic acids is 1. The van der Waals surface area contributed by atoms with Gasteiger partial charge in [0.1, 0.15) is 11.9 Å². The van der Waals surface area contributed by atoms with Crippen LogP contribution < -0.4 is 4.90 Å². The Balaban J connectivity index is 2.25. The van der Waals surface area contributed by atoms with Crippen LogP contribution in [0.3, 0.4) is 0 Å². The van der Waals surface area contributed by atoms with Gasteiger partial charge < -0.3 is 5.11 Å². The van der Waals surface area contributed by atoms with Gasteiger partial charge in [0.15, 0.2) is 5.82 Å². The number of carbonyl (C=O) groups excluding carboxylic acids is 1. The van der Waals surface area contributed by atoms with Crippen molar-refractivity contribution >= 4 is 17.7 Å². The molecule has 9 nitrogen and oxygen atoms in total. The zero-order valence-corrected chi connectivity index (χ0v) is 9.80. The van der Waals surface area contributed by atoms with E-state index in [9.17, 15) is 9.59 Å². The fourth-order valence-corrected chi connectivity index (χ4v) is 1.95. The Bertz CT molecular complexity index is 568. The van der Waals surface area contributed by atoms with Crippen LogP contribution in [0, 0.1) is 5.92 Å². The first-order chi connectivity index (χ1) is 9.13. The minimum absolute atomic E-state index is 0.0796. The minimum Gasteiger partial charge on any atom is -0.477 e. The van der Waals surface area contributed by atoms with Gasteiger partial charge in [0.05, 0.1) is 0 Å². The lowest BCUT2D eigenvalue weighted by atomic mass is 10.1. The number of amides is 1. The van der Waals surface area contributed by atoms with Gasteiger partial charge in [-0.05, 0) is 11.4 Å². The van der Waals surface area contributed by atoms with Crippen molar-refractivity contribution in [3.63, 3.8) is 0 Å². The van der Waals surface area contributed by atoms with Crippen LogP contribution in [0.2, 0.25) is 0 Å². The van der Waals surface area contributed by atoms with Crippen LogP contribution >= 0.6 is 0 Å². The van der Waals surface area contributed by atoms with Crippen LogP contribution in [-0.2, 0) is 4.79 Å². The lowest BCUT2D eigenvalue weighted by molar-refractivity contribution is -0.117. The molecule has 2 rings (SSSR count). The van der Waals surface area contributed by atoms with Crippen molar-refractivity contribution in [2.24, 2.45) is 11.0 Å². The first-order valence-corrected chi connectivity index (χ1v) is 5.48. The third-order valence-electron chi connectivity index (χ3n) is 2.79. The number of hydrogen-bond acceptors (Lipinski definition) is 5. The maximum absolute atomic E-state index is 11.9. The number of aromatic nitrogens is 2. The molecule has 1 aliphatic heterocycles. The molecule has 1 amide bonds. The Morgan fingerprint density at radius 3 is 3.16 bits per heavy atom. The largest absolute Gasteiger partial charge is 0.477 e. The second-order valence-electron chi connectivity index (χ2n) is 4.05. The summed E-state index contributed by atoms with van der Waals surface area (Å²) in [6, 6.07) is 0. The highest BCUT2D eigenvalue weighted by molar-refractivity contribution is 6.01. The molecule has 1 aromatic heterocycles. The molecule has 2 heterocycles. The molecule has 1 fully saturated rings. The molecule has 98 valence electrons. The molecule has 9 heteroatoms. The number of carboxylic acid groups (broad SMARTS) is 1. The van der Waals surface area contributed by atoms with Crippen molar-refractivity contribution in [3.05, 3.63) is 28.5 Å². The van der Waals surface area contributed by atoms with Gasteiger partial charge in [-0.1, -0.05) is 5.11 Å². The van der Waals surface area contributed by atoms with Crippen molar-refractivity contribution in [2.45, 2.75) is 6.42 Å². The number of anilines is 1. The van der Waals surface area contributed by atoms with E-state index in [4.69, 9.17) is 10.6 Å². The molecule has 1 N–H and O–H groups in total. The van der Waals surface area contributed by atoms with Gasteiger partial charge in [-0.2, -0.15) is 0 Å². The van der Waals surface area contributed by atoms with Crippen molar-refractivity contribution in [1.29, 1.82) is 0 Å². The summed E-state index contributed by atoms with van der Waals surface area (Å²) in [4.78, 5) is 34.3. The molecule has 1 saturated heterocycles. The molecule has 19 heavy (non-hydrogen) atoms. The molecule has 1 atom stereocenters. The topological polar surface area (TPSA) is 132 Å². The summed E-state index contributed by atoms with van der Waals surface area (Å²) in [5.41, 5.74) is 8.13. The Kier molecular flexibility index (Phi) is 3.58. The summed E-state index contributed by atoms with van der Waals surface area (Å²) >= 11 is 0. The Morgan fingerprint density at radius 1 is 1.68 bits per heavy atom. The van der Waals surface area contributed by atoms with Crippen LogP contribution in [0.1, 0.15) is 16.8 Å². The maximum Gasteiger partial charge on any atom is 0.341 e. The van der Waals surface area contributed by atoms with Gasteiger partial charge in [0.2, 0.25) is 5.91 Å². The van der Waals surface area contributed by atoms with Crippen molar-refractivity contribution in [3.8, 4) is 0 Å². The van der Waals surface area contributed by atoms with Crippen LogP contribution in [0.5, 0.6) is 0 Å². The first-order valence-electron chi connectivity index (χ1n) is 5.48. The molecule has 1 unspecified atom stereocenters. The second kappa shape index (κ2) is 5.32. The van der Waals surface area contributed by atoms with Gasteiger partial charge in [-0.15, -0.1) is 0 Å². The van der Waals surface area contributed by atoms with E-state index in [1.54, 1.807) is 0 Å². The molecular formula is C10H10N6O3. The fraction of sp³-hybridized carbons (Fsp3) is 0.400. The Labute approximate surface area is 107 Å². The number of hydrogen-bond donors (Lipinski definition) is 1. The fourth-order valence-electron chi connectivity index (χ4n) is 1.95. The van der Waals surface area contributed by atoms with Crippen LogP contribution in [0.4, 0.5) is 5.82 Å². The molecule has 0 aliphatic carbocycles. The lowest BCUT2D eigenvalue weighted by Crippen LogP contribution is -2.28. The second-order valence-corrected chi connectivity index (χ2v) is 4.05. The van der Waals surface area contributed by atoms with Crippen LogP contribution in [0.25, 0.3) is 10.4 Å². The molecule has 1 aromatic rings. The van der Waals surface area contributed by atoms with Crippen LogP contribution in [-0.4, -0.2) is 40.0 Å². The van der Waals surface area contributed by atoms with E-state index in [1.807, 2.05) is 0 Å². The lowest BCUT2D eigenvalue weighted by Gasteiger charge is -2.16. The highest BCUT2D eigenvalue weighted by Gasteiger charge is 2.33. The molecule has 0 saturated carbocycles. The van der Waals surface area contributed by atoms with E-state index < -0.39 is 5.97 Å². The van der Waals surface area contributed by atoms with Crippen LogP contribution in [0.15, 0.2) is 17.6 Å². The highest BCUT2D eigenvalue weighted by Crippen LogP contribution is 2.26. The third-order valence-corrected chi connectivity index (χ3v) is 2.79. The van der Waals surface area contributed by atoms with Crippen molar-refractivity contribution in [1.82, 2.24) is 9.97 Å². The number of aromatic carboxylic acids is 1. The van der Waals surface area contributed by atoms with Gasteiger partial charge in [-0.3, -0.25) is 9.69 Å². The summed E-state index contributed by atoms with van der Waals surface area (Å²) in [5.74, 6) is -1.47. The Hall–Kier alpha value is -2.67. The summed E-state index contributed by atoms with van der Waals surface area (Å²) in [5, 5.41) is 12.5. The molecule has 0 spiro atoms. The zero-order chi connectivity index (χ0) is 13.8. The molecule has 0 radical (unpaired) electrons. The molecule has 0 aromatic carbocycles. The average molecular weight is 262 g/mol. The average Bonchev–Trinajstić information content (AvgIpc) is 2.77. The normalized spacial score (nSPS) is 18.2.